The van der Waals surface area contributed by atoms with Crippen LogP contribution in [0.4, 0.5) is 5.69 Å². The molecule has 1 aromatic carbocycles. The zero-order valence-corrected chi connectivity index (χ0v) is 12.6. The van der Waals surface area contributed by atoms with Crippen molar-refractivity contribution in [3.05, 3.63) is 30.4 Å². The fourth-order valence-corrected chi connectivity index (χ4v) is 3.07. The zero-order chi connectivity index (χ0) is 15.5. The molecule has 0 amide bonds. The predicted molar refractivity (Wildman–Crippen MR) is 77.1 cm³/mol. The predicted octanol–water partition coefficient (Wildman–Crippen LogP) is 0.606. The molecule has 2 aromatic rings. The van der Waals surface area contributed by atoms with Crippen LogP contribution in [0, 0.1) is 0 Å². The second-order valence-electron chi connectivity index (χ2n) is 4.33. The van der Waals surface area contributed by atoms with Gasteiger partial charge in [0.05, 0.1) is 13.2 Å². The van der Waals surface area contributed by atoms with Gasteiger partial charge in [-0.2, -0.15) is 9.40 Å². The van der Waals surface area contributed by atoms with Crippen LogP contribution in [-0.2, 0) is 16.6 Å². The number of nitrogens with one attached hydrogen (secondary N) is 1. The van der Waals surface area contributed by atoms with Crippen molar-refractivity contribution in [2.45, 2.75) is 18.4 Å². The van der Waals surface area contributed by atoms with Gasteiger partial charge in [-0.1, -0.05) is 0 Å². The number of nitrogen functional groups attached to an aromatic ring is 1. The third-order valence-electron chi connectivity index (χ3n) is 2.79. The fraction of sp³-hybridized carbons (Fsp3) is 0.333. The highest BCUT2D eigenvalue weighted by Gasteiger charge is 2.26. The van der Waals surface area contributed by atoms with Crippen molar-refractivity contribution in [1.29, 1.82) is 0 Å². The van der Waals surface area contributed by atoms with E-state index in [1.54, 1.807) is 19.1 Å². The third-order valence-corrected chi connectivity index (χ3v) is 4.62. The zero-order valence-electron chi connectivity index (χ0n) is 11.8. The van der Waals surface area contributed by atoms with Crippen LogP contribution in [0.2, 0.25) is 0 Å². The van der Waals surface area contributed by atoms with Crippen molar-refractivity contribution in [3.63, 3.8) is 0 Å². The van der Waals surface area contributed by atoms with Gasteiger partial charge in [-0.05, 0) is 25.1 Å². The lowest BCUT2D eigenvalue weighted by atomic mass is 10.3. The lowest BCUT2D eigenvalue weighted by Gasteiger charge is -2.18. The van der Waals surface area contributed by atoms with Crippen molar-refractivity contribution in [3.8, 4) is 5.75 Å². The van der Waals surface area contributed by atoms with Gasteiger partial charge in [0, 0.05) is 12.7 Å². The standard InChI is InChI=1S/C12H17N5O3S/c1-3-20-10-5-4-9(13)6-11(10)21(18,19)17(2)7-12-14-8-15-16-12/h4-6,8H,3,7,13H2,1-2H3,(H,14,15,16). The van der Waals surface area contributed by atoms with Crippen LogP contribution >= 0.6 is 0 Å². The summed E-state index contributed by atoms with van der Waals surface area (Å²) in [5, 5.41) is 6.31. The SMILES string of the molecule is CCOc1ccc(N)cc1S(=O)(=O)N(C)Cc1ncn[nH]1. The van der Waals surface area contributed by atoms with Crippen LogP contribution in [0.1, 0.15) is 12.7 Å². The lowest BCUT2D eigenvalue weighted by molar-refractivity contribution is 0.329. The quantitative estimate of drug-likeness (QED) is 0.755. The summed E-state index contributed by atoms with van der Waals surface area (Å²) >= 11 is 0. The van der Waals surface area contributed by atoms with Crippen LogP contribution < -0.4 is 10.5 Å². The maximum Gasteiger partial charge on any atom is 0.246 e. The van der Waals surface area contributed by atoms with Gasteiger partial charge in [-0.3, -0.25) is 5.10 Å². The molecule has 0 atom stereocenters. The third kappa shape index (κ3) is 3.31. The monoisotopic (exact) mass is 311 g/mol. The average Bonchev–Trinajstić information content (AvgIpc) is 2.93. The summed E-state index contributed by atoms with van der Waals surface area (Å²) in [7, 11) is -2.29. The number of rotatable bonds is 6. The maximum atomic E-state index is 12.6. The molecule has 9 heteroatoms. The first-order valence-electron chi connectivity index (χ1n) is 6.28. The highest BCUT2D eigenvalue weighted by atomic mass is 32.2. The number of ether oxygens (including phenoxy) is 1. The minimum atomic E-state index is -3.75. The van der Waals surface area contributed by atoms with Crippen LogP contribution in [0.15, 0.2) is 29.4 Å². The number of aromatic nitrogens is 3. The number of sulfonamides is 1. The number of aromatic amines is 1. The van der Waals surface area contributed by atoms with Gasteiger partial charge in [-0.25, -0.2) is 13.4 Å². The van der Waals surface area contributed by atoms with Gasteiger partial charge in [0.15, 0.2) is 0 Å². The molecule has 0 saturated carbocycles. The molecule has 8 nitrogen and oxygen atoms in total. The molecule has 21 heavy (non-hydrogen) atoms. The first-order valence-corrected chi connectivity index (χ1v) is 7.72. The van der Waals surface area contributed by atoms with Gasteiger partial charge >= 0.3 is 0 Å². The Morgan fingerprint density at radius 2 is 2.19 bits per heavy atom. The summed E-state index contributed by atoms with van der Waals surface area (Å²) in [6.07, 6.45) is 1.32. The van der Waals surface area contributed by atoms with E-state index < -0.39 is 10.0 Å². The molecule has 2 rings (SSSR count). The second kappa shape index (κ2) is 6.10. The van der Waals surface area contributed by atoms with E-state index >= 15 is 0 Å². The Labute approximate surface area is 123 Å². The Morgan fingerprint density at radius 3 is 2.81 bits per heavy atom. The number of nitrogens with two attached hydrogens (primary N) is 1. The number of hydrogen-bond acceptors (Lipinski definition) is 6. The van der Waals surface area contributed by atoms with Crippen molar-refractivity contribution in [2.24, 2.45) is 0 Å². The van der Waals surface area contributed by atoms with Crippen LogP contribution in [0.5, 0.6) is 5.75 Å². The van der Waals surface area contributed by atoms with E-state index in [1.807, 2.05) is 0 Å². The number of benzene rings is 1. The number of nitrogens with zero attached hydrogens (tertiary/aromatic N) is 3. The molecule has 0 aliphatic heterocycles. The van der Waals surface area contributed by atoms with Gasteiger partial charge in [-0.15, -0.1) is 0 Å². The molecule has 0 aliphatic rings. The van der Waals surface area contributed by atoms with E-state index in [1.165, 1.54) is 19.4 Å². The fourth-order valence-electron chi connectivity index (χ4n) is 1.77. The molecule has 0 unspecified atom stereocenters. The summed E-state index contributed by atoms with van der Waals surface area (Å²) in [5.74, 6) is 0.721. The Hall–Kier alpha value is -2.13. The van der Waals surface area contributed by atoms with Crippen LogP contribution in [-0.4, -0.2) is 41.6 Å². The summed E-state index contributed by atoms with van der Waals surface area (Å²) in [4.78, 5) is 3.94. The van der Waals surface area contributed by atoms with E-state index in [9.17, 15) is 8.42 Å². The molecule has 0 fully saturated rings. The smallest absolute Gasteiger partial charge is 0.246 e. The average molecular weight is 311 g/mol. The molecule has 114 valence electrons. The largest absolute Gasteiger partial charge is 0.492 e. The van der Waals surface area contributed by atoms with Gasteiger partial charge < -0.3 is 10.5 Å². The van der Waals surface area contributed by atoms with Crippen molar-refractivity contribution in [1.82, 2.24) is 19.5 Å². The molecule has 1 heterocycles. The molecule has 3 N–H and O–H groups in total. The molecule has 0 spiro atoms. The van der Waals surface area contributed by atoms with E-state index in [4.69, 9.17) is 10.5 Å². The molecular weight excluding hydrogens is 294 g/mol. The summed E-state index contributed by atoms with van der Waals surface area (Å²) < 4.78 is 31.8. The topological polar surface area (TPSA) is 114 Å². The number of hydrogen-bond donors (Lipinski definition) is 2. The normalized spacial score (nSPS) is 11.8. The van der Waals surface area contributed by atoms with Gasteiger partial charge in [0.2, 0.25) is 10.0 Å². The Kier molecular flexibility index (Phi) is 4.43. The minimum Gasteiger partial charge on any atom is -0.492 e. The van der Waals surface area contributed by atoms with Gasteiger partial charge in [0.1, 0.15) is 22.8 Å². The Balaban J connectivity index is 2.36. The van der Waals surface area contributed by atoms with Crippen molar-refractivity contribution < 1.29 is 13.2 Å². The van der Waals surface area contributed by atoms with Crippen LogP contribution in [0.3, 0.4) is 0 Å². The van der Waals surface area contributed by atoms with Gasteiger partial charge in [0.25, 0.3) is 0 Å². The number of H-pyrrole nitrogens is 1. The first kappa shape index (κ1) is 15.3. The first-order chi connectivity index (χ1) is 9.95. The van der Waals surface area contributed by atoms with E-state index in [0.29, 0.717) is 18.1 Å². The number of anilines is 1. The van der Waals surface area contributed by atoms with E-state index in [2.05, 4.69) is 15.2 Å². The molecule has 0 aliphatic carbocycles. The molecule has 1 aromatic heterocycles. The Bertz CT molecular complexity index is 700. The highest BCUT2D eigenvalue weighted by Crippen LogP contribution is 2.28. The van der Waals surface area contributed by atoms with E-state index in [0.717, 1.165) is 4.31 Å². The minimum absolute atomic E-state index is 0.0337. The highest BCUT2D eigenvalue weighted by molar-refractivity contribution is 7.89. The maximum absolute atomic E-state index is 12.6. The summed E-state index contributed by atoms with van der Waals surface area (Å²) in [6.45, 7) is 2.21. The lowest BCUT2D eigenvalue weighted by Crippen LogP contribution is -2.27. The molecule has 0 radical (unpaired) electrons. The molecule has 0 bridgehead atoms. The van der Waals surface area contributed by atoms with E-state index in [-0.39, 0.29) is 17.2 Å². The molecular formula is C12H17N5O3S. The van der Waals surface area contributed by atoms with Crippen molar-refractivity contribution >= 4 is 15.7 Å². The summed E-state index contributed by atoms with van der Waals surface area (Å²) in [5.41, 5.74) is 6.04. The Morgan fingerprint density at radius 1 is 1.43 bits per heavy atom. The molecule has 0 saturated heterocycles. The second-order valence-corrected chi connectivity index (χ2v) is 6.35. The van der Waals surface area contributed by atoms with Crippen LogP contribution in [0.25, 0.3) is 0 Å². The van der Waals surface area contributed by atoms with Crippen molar-refractivity contribution in [2.75, 3.05) is 19.4 Å². The summed E-state index contributed by atoms with van der Waals surface area (Å²) in [6, 6.07) is 4.53.